The third kappa shape index (κ3) is 1.83. The maximum absolute atomic E-state index is 13.0. The normalized spacial score (nSPS) is 10.9. The Morgan fingerprint density at radius 2 is 2.07 bits per heavy atom. The average Bonchev–Trinajstić information content (AvgIpc) is 2.07. The summed E-state index contributed by atoms with van der Waals surface area (Å²) in [7, 11) is -3.47. The molecule has 0 bridgehead atoms. The molecule has 74 valence electrons. The predicted octanol–water partition coefficient (Wildman–Crippen LogP) is 0.683. The minimum Gasteiger partial charge on any atom is -0.396 e. The maximum Gasteiger partial charge on any atom is 0.175 e. The van der Waals surface area contributed by atoms with Crippen LogP contribution in [0.3, 0.4) is 0 Å². The molecular weight excluding hydrogens is 207 g/mol. The first kappa shape index (κ1) is 10.5. The molecule has 1 aromatic rings. The van der Waals surface area contributed by atoms with E-state index in [2.05, 4.69) is 0 Å². The molecule has 1 aromatic carbocycles. The number of nitrogens with zero attached hydrogens (tertiary/aromatic N) is 1. The second kappa shape index (κ2) is 3.27. The highest BCUT2D eigenvalue weighted by atomic mass is 32.2. The Morgan fingerprint density at radius 3 is 2.50 bits per heavy atom. The largest absolute Gasteiger partial charge is 0.396 e. The summed E-state index contributed by atoms with van der Waals surface area (Å²) in [4.78, 5) is -0.159. The van der Waals surface area contributed by atoms with Gasteiger partial charge in [-0.1, -0.05) is 0 Å². The van der Waals surface area contributed by atoms with Crippen molar-refractivity contribution in [2.24, 2.45) is 0 Å². The van der Waals surface area contributed by atoms with Gasteiger partial charge in [0, 0.05) is 6.26 Å². The molecule has 14 heavy (non-hydrogen) atoms. The zero-order valence-electron chi connectivity index (χ0n) is 7.28. The summed E-state index contributed by atoms with van der Waals surface area (Å²) >= 11 is 0. The van der Waals surface area contributed by atoms with Crippen LogP contribution in [0.5, 0.6) is 0 Å². The second-order valence-corrected chi connectivity index (χ2v) is 4.77. The summed E-state index contributed by atoms with van der Waals surface area (Å²) in [5, 5.41) is 8.49. The van der Waals surface area contributed by atoms with Gasteiger partial charge in [0.2, 0.25) is 0 Å². The maximum atomic E-state index is 13.0. The standard InChI is InChI=1S/C8H7FN2O2S/c1-14(12,13)6-2-5(4-10)8(9)7(11)3-6/h2-3H,11H2,1H3. The van der Waals surface area contributed by atoms with Crippen LogP contribution in [0.25, 0.3) is 0 Å². The number of hydrogen-bond donors (Lipinski definition) is 1. The number of nitriles is 1. The molecule has 4 nitrogen and oxygen atoms in total. The summed E-state index contributed by atoms with van der Waals surface area (Å²) in [6, 6.07) is 3.48. The fourth-order valence-electron chi connectivity index (χ4n) is 0.915. The van der Waals surface area contributed by atoms with Crippen molar-refractivity contribution in [3.8, 4) is 6.07 Å². The molecule has 6 heteroatoms. The summed E-state index contributed by atoms with van der Waals surface area (Å²) in [5.41, 5.74) is 4.49. The quantitative estimate of drug-likeness (QED) is 0.550. The van der Waals surface area contributed by atoms with Crippen molar-refractivity contribution >= 4 is 15.5 Å². The van der Waals surface area contributed by atoms with E-state index in [1.165, 1.54) is 6.07 Å². The molecule has 0 radical (unpaired) electrons. The fourth-order valence-corrected chi connectivity index (χ4v) is 1.59. The first-order valence-electron chi connectivity index (χ1n) is 3.55. The molecule has 2 N–H and O–H groups in total. The van der Waals surface area contributed by atoms with E-state index in [4.69, 9.17) is 11.0 Å². The molecule has 0 saturated carbocycles. The lowest BCUT2D eigenvalue weighted by molar-refractivity contribution is 0.600. The lowest BCUT2D eigenvalue weighted by atomic mass is 10.2. The zero-order chi connectivity index (χ0) is 10.9. The van der Waals surface area contributed by atoms with Crippen LogP contribution in [-0.2, 0) is 9.84 Å². The van der Waals surface area contributed by atoms with E-state index < -0.39 is 15.7 Å². The Balaban J connectivity index is 3.56. The lowest BCUT2D eigenvalue weighted by Gasteiger charge is -2.02. The highest BCUT2D eigenvalue weighted by Gasteiger charge is 2.14. The van der Waals surface area contributed by atoms with Gasteiger partial charge >= 0.3 is 0 Å². The van der Waals surface area contributed by atoms with Gasteiger partial charge in [-0.25, -0.2) is 12.8 Å². The lowest BCUT2D eigenvalue weighted by Crippen LogP contribution is -2.02. The average molecular weight is 214 g/mol. The van der Waals surface area contributed by atoms with Crippen LogP contribution in [-0.4, -0.2) is 14.7 Å². The molecule has 0 spiro atoms. The Labute approximate surface area is 80.7 Å². The molecule has 1 rings (SSSR count). The van der Waals surface area contributed by atoms with E-state index in [0.29, 0.717) is 0 Å². The van der Waals surface area contributed by atoms with Crippen molar-refractivity contribution in [2.75, 3.05) is 12.0 Å². The van der Waals surface area contributed by atoms with Gasteiger partial charge in [0.15, 0.2) is 15.7 Å². The monoisotopic (exact) mass is 214 g/mol. The zero-order valence-corrected chi connectivity index (χ0v) is 8.10. The minimum absolute atomic E-state index is 0.159. The molecule has 0 saturated heterocycles. The Morgan fingerprint density at radius 1 is 1.50 bits per heavy atom. The molecule has 0 aromatic heterocycles. The number of nitrogen functional groups attached to an aromatic ring is 1. The van der Waals surface area contributed by atoms with E-state index >= 15 is 0 Å². The van der Waals surface area contributed by atoms with Crippen molar-refractivity contribution in [3.63, 3.8) is 0 Å². The van der Waals surface area contributed by atoms with E-state index in [1.807, 2.05) is 0 Å². The number of anilines is 1. The van der Waals surface area contributed by atoms with Gasteiger partial charge in [-0.15, -0.1) is 0 Å². The number of sulfone groups is 1. The topological polar surface area (TPSA) is 83.9 Å². The molecule has 0 atom stereocenters. The van der Waals surface area contributed by atoms with Gasteiger partial charge in [0.05, 0.1) is 16.1 Å². The van der Waals surface area contributed by atoms with Crippen molar-refractivity contribution < 1.29 is 12.8 Å². The molecule has 0 aliphatic carbocycles. The first-order chi connectivity index (χ1) is 6.36. The number of hydrogen-bond acceptors (Lipinski definition) is 4. The number of rotatable bonds is 1. The van der Waals surface area contributed by atoms with Crippen LogP contribution >= 0.6 is 0 Å². The highest BCUT2D eigenvalue weighted by Crippen LogP contribution is 2.20. The van der Waals surface area contributed by atoms with E-state index in [1.54, 1.807) is 0 Å². The van der Waals surface area contributed by atoms with Crippen molar-refractivity contribution in [1.29, 1.82) is 5.26 Å². The van der Waals surface area contributed by atoms with Crippen LogP contribution in [0, 0.1) is 17.1 Å². The van der Waals surface area contributed by atoms with Crippen molar-refractivity contribution in [2.45, 2.75) is 4.90 Å². The Bertz CT molecular complexity index is 517. The van der Waals surface area contributed by atoms with Crippen LogP contribution in [0.2, 0.25) is 0 Å². The third-order valence-electron chi connectivity index (χ3n) is 1.62. The van der Waals surface area contributed by atoms with Crippen molar-refractivity contribution in [3.05, 3.63) is 23.5 Å². The molecule has 0 fully saturated rings. The van der Waals surface area contributed by atoms with Crippen LogP contribution < -0.4 is 5.73 Å². The molecule has 0 heterocycles. The van der Waals surface area contributed by atoms with E-state index in [-0.39, 0.29) is 16.1 Å². The molecule has 0 aliphatic rings. The van der Waals surface area contributed by atoms with Crippen LogP contribution in [0.15, 0.2) is 17.0 Å². The first-order valence-corrected chi connectivity index (χ1v) is 5.44. The molecule has 0 aliphatic heterocycles. The second-order valence-electron chi connectivity index (χ2n) is 2.76. The van der Waals surface area contributed by atoms with E-state index in [9.17, 15) is 12.8 Å². The van der Waals surface area contributed by atoms with Gasteiger partial charge < -0.3 is 5.73 Å². The van der Waals surface area contributed by atoms with Gasteiger partial charge in [0.1, 0.15) is 6.07 Å². The SMILES string of the molecule is CS(=O)(=O)c1cc(N)c(F)c(C#N)c1. The molecular formula is C8H7FN2O2S. The van der Waals surface area contributed by atoms with Gasteiger partial charge in [-0.05, 0) is 12.1 Å². The molecule has 0 amide bonds. The smallest absolute Gasteiger partial charge is 0.175 e. The fraction of sp³-hybridized carbons (Fsp3) is 0.125. The molecule has 0 unspecified atom stereocenters. The summed E-state index contributed by atoms with van der Waals surface area (Å²) < 4.78 is 35.2. The van der Waals surface area contributed by atoms with Gasteiger partial charge in [0.25, 0.3) is 0 Å². The summed E-state index contributed by atoms with van der Waals surface area (Å²) in [5.74, 6) is -0.889. The van der Waals surface area contributed by atoms with Crippen molar-refractivity contribution in [1.82, 2.24) is 0 Å². The minimum atomic E-state index is -3.47. The van der Waals surface area contributed by atoms with Crippen LogP contribution in [0.1, 0.15) is 5.56 Å². The third-order valence-corrected chi connectivity index (χ3v) is 2.71. The predicted molar refractivity (Wildman–Crippen MR) is 48.6 cm³/mol. The van der Waals surface area contributed by atoms with Crippen LogP contribution in [0.4, 0.5) is 10.1 Å². The highest BCUT2D eigenvalue weighted by molar-refractivity contribution is 7.90. The number of nitrogens with two attached hydrogens (primary N) is 1. The Hall–Kier alpha value is -1.61. The Kier molecular flexibility index (Phi) is 2.45. The number of halogens is 1. The van der Waals surface area contributed by atoms with Gasteiger partial charge in [-0.2, -0.15) is 5.26 Å². The summed E-state index contributed by atoms with van der Waals surface area (Å²) in [6.45, 7) is 0. The van der Waals surface area contributed by atoms with Gasteiger partial charge in [-0.3, -0.25) is 0 Å². The summed E-state index contributed by atoms with van der Waals surface area (Å²) in [6.07, 6.45) is 0.959. The number of benzene rings is 1. The van der Waals surface area contributed by atoms with E-state index in [0.717, 1.165) is 18.4 Å².